The molecule has 1 saturated carbocycles. The van der Waals surface area contributed by atoms with Crippen molar-refractivity contribution in [1.82, 2.24) is 14.3 Å². The highest BCUT2D eigenvalue weighted by molar-refractivity contribution is 7.91. The van der Waals surface area contributed by atoms with Crippen molar-refractivity contribution < 1.29 is 22.3 Å². The van der Waals surface area contributed by atoms with Gasteiger partial charge >= 0.3 is 0 Å². The van der Waals surface area contributed by atoms with Crippen LogP contribution in [0.25, 0.3) is 22.0 Å². The van der Waals surface area contributed by atoms with Crippen LogP contribution in [0.4, 0.5) is 10.1 Å². The fourth-order valence-electron chi connectivity index (χ4n) is 4.41. The number of hydrogen-bond donors (Lipinski definition) is 2. The van der Waals surface area contributed by atoms with Crippen molar-refractivity contribution in [3.05, 3.63) is 92.9 Å². The molecule has 0 spiro atoms. The standard InChI is InChI=1S/C26H23FN4O5S/c1-15-5-10-22-20(12-15)23(19-4-3-11-28-25(19)32)24(26(33)29-37(35,36)18-7-8-18)31(22)14-16-13-17(30(2)34)6-9-21(16)27/h3-6,9-13,18H,2,7-8,14H2,1H3,(H,28,32)(H,29,33). The maximum atomic E-state index is 14.9. The van der Waals surface area contributed by atoms with Crippen molar-refractivity contribution >= 4 is 39.2 Å². The van der Waals surface area contributed by atoms with Gasteiger partial charge in [0.1, 0.15) is 18.2 Å². The smallest absolute Gasteiger partial charge is 0.282 e. The number of nitrogens with one attached hydrogen (secondary N) is 2. The third-order valence-electron chi connectivity index (χ3n) is 6.37. The van der Waals surface area contributed by atoms with E-state index in [1.807, 2.05) is 6.92 Å². The van der Waals surface area contributed by atoms with Crippen LogP contribution in [0.5, 0.6) is 0 Å². The average Bonchev–Trinajstić information content (AvgIpc) is 3.65. The molecule has 11 heteroatoms. The fourth-order valence-corrected chi connectivity index (χ4v) is 5.69. The number of pyridine rings is 1. The van der Waals surface area contributed by atoms with Gasteiger partial charge in [-0.25, -0.2) is 17.5 Å². The molecule has 37 heavy (non-hydrogen) atoms. The first-order valence-corrected chi connectivity index (χ1v) is 13.0. The van der Waals surface area contributed by atoms with Gasteiger partial charge in [-0.2, -0.15) is 4.74 Å². The molecule has 1 amide bonds. The van der Waals surface area contributed by atoms with E-state index in [-0.39, 0.29) is 34.6 Å². The number of rotatable bonds is 7. The van der Waals surface area contributed by atoms with Crippen molar-refractivity contribution in [1.29, 1.82) is 0 Å². The lowest BCUT2D eigenvalue weighted by atomic mass is 10.0. The minimum atomic E-state index is -3.93. The summed E-state index contributed by atoms with van der Waals surface area (Å²) in [5.74, 6) is -1.56. The van der Waals surface area contributed by atoms with Crippen LogP contribution >= 0.6 is 0 Å². The minimum absolute atomic E-state index is 0.0760. The number of amides is 1. The number of halogens is 1. The van der Waals surface area contributed by atoms with Gasteiger partial charge in [0, 0.05) is 45.9 Å². The maximum Gasteiger partial charge on any atom is 0.282 e. The molecule has 0 aliphatic heterocycles. The van der Waals surface area contributed by atoms with Gasteiger partial charge in [-0.15, -0.1) is 0 Å². The second-order valence-electron chi connectivity index (χ2n) is 9.07. The number of sulfonamides is 1. The molecule has 2 N–H and O–H groups in total. The van der Waals surface area contributed by atoms with E-state index in [0.717, 1.165) is 11.6 Å². The largest absolute Gasteiger partial charge is 0.619 e. The molecule has 4 aromatic rings. The Balaban J connectivity index is 1.80. The molecule has 0 radical (unpaired) electrons. The van der Waals surface area contributed by atoms with Crippen molar-refractivity contribution in [2.75, 3.05) is 0 Å². The van der Waals surface area contributed by atoms with Gasteiger partial charge in [-0.05, 0) is 50.1 Å². The number of carbonyl (C=O) groups is 1. The van der Waals surface area contributed by atoms with E-state index < -0.39 is 32.6 Å². The lowest BCUT2D eigenvalue weighted by molar-refractivity contribution is -0.350. The topological polar surface area (TPSA) is 127 Å². The quantitative estimate of drug-likeness (QED) is 0.166. The Bertz CT molecular complexity index is 1750. The fraction of sp³-hybridized carbons (Fsp3) is 0.192. The van der Waals surface area contributed by atoms with Crippen molar-refractivity contribution in [3.63, 3.8) is 0 Å². The molecule has 5 rings (SSSR count). The Hall–Kier alpha value is -4.25. The van der Waals surface area contributed by atoms with Crippen LogP contribution in [-0.2, 0) is 16.6 Å². The average molecular weight is 523 g/mol. The van der Waals surface area contributed by atoms with Crippen LogP contribution in [0.15, 0.2) is 59.5 Å². The molecule has 0 atom stereocenters. The van der Waals surface area contributed by atoms with Crippen LogP contribution in [-0.4, -0.2) is 40.6 Å². The lowest BCUT2D eigenvalue weighted by Crippen LogP contribution is -2.35. The van der Waals surface area contributed by atoms with E-state index in [1.165, 1.54) is 29.0 Å². The minimum Gasteiger partial charge on any atom is -0.619 e. The molecule has 9 nitrogen and oxygen atoms in total. The number of aromatic nitrogens is 2. The third-order valence-corrected chi connectivity index (χ3v) is 8.18. The summed E-state index contributed by atoms with van der Waals surface area (Å²) in [7, 11) is -3.93. The molecule has 2 aromatic heterocycles. The molecule has 1 aliphatic rings. The van der Waals surface area contributed by atoms with Crippen LogP contribution in [0.2, 0.25) is 0 Å². The molecule has 1 aliphatic carbocycles. The van der Waals surface area contributed by atoms with Gasteiger partial charge in [0.15, 0.2) is 0 Å². The van der Waals surface area contributed by atoms with E-state index in [1.54, 1.807) is 24.3 Å². The zero-order chi connectivity index (χ0) is 26.5. The highest BCUT2D eigenvalue weighted by atomic mass is 32.2. The molecule has 0 saturated heterocycles. The summed E-state index contributed by atoms with van der Waals surface area (Å²) in [6.45, 7) is 4.91. The highest BCUT2D eigenvalue weighted by Crippen LogP contribution is 2.36. The van der Waals surface area contributed by atoms with Crippen LogP contribution < -0.4 is 10.3 Å². The second kappa shape index (κ2) is 9.00. The Morgan fingerprint density at radius 1 is 1.24 bits per heavy atom. The zero-order valence-corrected chi connectivity index (χ0v) is 20.6. The van der Waals surface area contributed by atoms with E-state index in [9.17, 15) is 27.6 Å². The number of fused-ring (bicyclic) bond motifs is 1. The predicted octanol–water partition coefficient (Wildman–Crippen LogP) is 3.56. The summed E-state index contributed by atoms with van der Waals surface area (Å²) in [6, 6.07) is 12.1. The van der Waals surface area contributed by atoms with E-state index in [4.69, 9.17) is 0 Å². The van der Waals surface area contributed by atoms with E-state index in [0.29, 0.717) is 28.5 Å². The Morgan fingerprint density at radius 2 is 2.00 bits per heavy atom. The summed E-state index contributed by atoms with van der Waals surface area (Å²) >= 11 is 0. The normalized spacial score (nSPS) is 13.6. The monoisotopic (exact) mass is 522 g/mol. The van der Waals surface area contributed by atoms with Gasteiger partial charge in [0.25, 0.3) is 11.5 Å². The van der Waals surface area contributed by atoms with Crippen molar-refractivity contribution in [2.24, 2.45) is 0 Å². The first kappa shape index (κ1) is 24.4. The SMILES string of the molecule is C=[N+]([O-])c1ccc(F)c(Cn2c(C(=O)NS(=O)(=O)C3CC3)c(-c3ccc[nH]c3=O)c3cc(C)ccc32)c1. The van der Waals surface area contributed by atoms with Crippen LogP contribution in [0, 0.1) is 17.9 Å². The van der Waals surface area contributed by atoms with Gasteiger partial charge in [0.05, 0.1) is 11.8 Å². The van der Waals surface area contributed by atoms with Crippen LogP contribution in [0.1, 0.15) is 34.5 Å². The summed E-state index contributed by atoms with van der Waals surface area (Å²) < 4.78 is 44.2. The lowest BCUT2D eigenvalue weighted by Gasteiger charge is -2.14. The Kier molecular flexibility index (Phi) is 5.95. The van der Waals surface area contributed by atoms with Crippen molar-refractivity contribution in [3.8, 4) is 11.1 Å². The van der Waals surface area contributed by atoms with E-state index >= 15 is 0 Å². The third kappa shape index (κ3) is 4.53. The second-order valence-corrected chi connectivity index (χ2v) is 11.0. The molecule has 1 fully saturated rings. The molecular weight excluding hydrogens is 499 g/mol. The summed E-state index contributed by atoms with van der Waals surface area (Å²) in [5, 5.41) is 11.6. The number of nitrogens with zero attached hydrogens (tertiary/aromatic N) is 2. The highest BCUT2D eigenvalue weighted by Gasteiger charge is 2.38. The van der Waals surface area contributed by atoms with Crippen molar-refractivity contribution in [2.45, 2.75) is 31.6 Å². The maximum absolute atomic E-state index is 14.9. The first-order valence-electron chi connectivity index (χ1n) is 11.5. The van der Waals surface area contributed by atoms with Crippen LogP contribution in [0.3, 0.4) is 0 Å². The Labute approximate surface area is 211 Å². The number of carbonyl (C=O) groups excluding carboxylic acids is 1. The summed E-state index contributed by atoms with van der Waals surface area (Å²) in [6.07, 6.45) is 2.34. The first-order chi connectivity index (χ1) is 17.6. The van der Waals surface area contributed by atoms with E-state index in [2.05, 4.69) is 16.4 Å². The molecular formula is C26H23FN4O5S. The number of aromatic amines is 1. The molecule has 0 unspecified atom stereocenters. The summed E-state index contributed by atoms with van der Waals surface area (Å²) in [4.78, 5) is 29.1. The van der Waals surface area contributed by atoms with Gasteiger partial charge in [-0.3, -0.25) is 9.59 Å². The number of benzene rings is 2. The van der Waals surface area contributed by atoms with Gasteiger partial charge in [-0.1, -0.05) is 11.6 Å². The number of aryl methyl sites for hydroxylation is 1. The number of H-pyrrole nitrogens is 1. The molecule has 2 heterocycles. The molecule has 190 valence electrons. The Morgan fingerprint density at radius 3 is 2.68 bits per heavy atom. The van der Waals surface area contributed by atoms with Gasteiger partial charge in [0.2, 0.25) is 15.7 Å². The predicted molar refractivity (Wildman–Crippen MR) is 138 cm³/mol. The molecule has 2 aromatic carbocycles. The summed E-state index contributed by atoms with van der Waals surface area (Å²) in [5.41, 5.74) is 1.29. The number of hydrogen-bond acceptors (Lipinski definition) is 5. The van der Waals surface area contributed by atoms with Gasteiger partial charge < -0.3 is 14.8 Å². The zero-order valence-electron chi connectivity index (χ0n) is 19.8. The molecule has 0 bridgehead atoms.